The van der Waals surface area contributed by atoms with Gasteiger partial charge in [0.25, 0.3) is 0 Å². The highest BCUT2D eigenvalue weighted by atomic mass is 32.2. The summed E-state index contributed by atoms with van der Waals surface area (Å²) < 4.78 is 22.8. The van der Waals surface area contributed by atoms with Crippen LogP contribution in [0.15, 0.2) is 23.1 Å². The molecule has 4 N–H and O–H groups in total. The summed E-state index contributed by atoms with van der Waals surface area (Å²) in [6.45, 7) is 7.01. The third-order valence-electron chi connectivity index (χ3n) is 5.19. The van der Waals surface area contributed by atoms with E-state index in [0.717, 1.165) is 12.8 Å². The normalized spacial score (nSPS) is 24.6. The molecular formula is C18H27N3O3S. The predicted octanol–water partition coefficient (Wildman–Crippen LogP) is 2.58. The first-order chi connectivity index (χ1) is 11.4. The Bertz CT molecular complexity index is 768. The van der Waals surface area contributed by atoms with E-state index in [-0.39, 0.29) is 15.9 Å². The smallest absolute Gasteiger partial charge is 0.238 e. The minimum atomic E-state index is -3.85. The molecule has 1 aliphatic carbocycles. The summed E-state index contributed by atoms with van der Waals surface area (Å²) in [5, 5.41) is 28.2. The number of nitrogens with one attached hydrogen (secondary N) is 1. The second-order valence-corrected chi connectivity index (χ2v) is 9.64. The summed E-state index contributed by atoms with van der Waals surface area (Å²) in [6, 6.07) is 6.10. The fourth-order valence-corrected chi connectivity index (χ4v) is 3.94. The van der Waals surface area contributed by atoms with Gasteiger partial charge in [0, 0.05) is 6.54 Å². The van der Waals surface area contributed by atoms with Gasteiger partial charge in [-0.1, -0.05) is 20.8 Å². The average molecular weight is 365 g/mol. The van der Waals surface area contributed by atoms with E-state index >= 15 is 0 Å². The molecule has 138 valence electrons. The van der Waals surface area contributed by atoms with E-state index in [1.165, 1.54) is 18.2 Å². The number of nitrogens with zero attached hydrogens (tertiary/aromatic N) is 1. The molecule has 0 unspecified atom stereocenters. The van der Waals surface area contributed by atoms with Crippen LogP contribution in [0.5, 0.6) is 0 Å². The Morgan fingerprint density at radius 3 is 2.44 bits per heavy atom. The van der Waals surface area contributed by atoms with E-state index in [1.807, 2.05) is 6.07 Å². The second kappa shape index (κ2) is 6.94. The fraction of sp³-hybridized carbons (Fsp3) is 0.611. The lowest BCUT2D eigenvalue weighted by Gasteiger charge is -2.41. The van der Waals surface area contributed by atoms with Gasteiger partial charge in [-0.2, -0.15) is 5.26 Å². The van der Waals surface area contributed by atoms with Crippen molar-refractivity contribution in [1.82, 2.24) is 0 Å². The van der Waals surface area contributed by atoms with Crippen LogP contribution >= 0.6 is 0 Å². The van der Waals surface area contributed by atoms with Crippen LogP contribution < -0.4 is 10.5 Å². The van der Waals surface area contributed by atoms with E-state index in [0.29, 0.717) is 31.0 Å². The van der Waals surface area contributed by atoms with Crippen LogP contribution in [0.3, 0.4) is 0 Å². The number of hydrogen-bond acceptors (Lipinski definition) is 5. The van der Waals surface area contributed by atoms with Gasteiger partial charge in [0.1, 0.15) is 6.07 Å². The van der Waals surface area contributed by atoms with E-state index < -0.39 is 15.6 Å². The molecular weight excluding hydrogens is 338 g/mol. The Morgan fingerprint density at radius 1 is 1.36 bits per heavy atom. The fourth-order valence-electron chi connectivity index (χ4n) is 3.40. The lowest BCUT2D eigenvalue weighted by molar-refractivity contribution is -0.0143. The van der Waals surface area contributed by atoms with Gasteiger partial charge >= 0.3 is 0 Å². The predicted molar refractivity (Wildman–Crippen MR) is 97.4 cm³/mol. The third kappa shape index (κ3) is 4.94. The molecule has 0 bridgehead atoms. The van der Waals surface area contributed by atoms with Crippen molar-refractivity contribution in [3.8, 4) is 6.07 Å². The molecule has 1 aliphatic rings. The highest BCUT2D eigenvalue weighted by Gasteiger charge is 2.37. The topological polar surface area (TPSA) is 116 Å². The van der Waals surface area contributed by atoms with Crippen molar-refractivity contribution >= 4 is 15.7 Å². The number of nitriles is 1. The Hall–Kier alpha value is -1.62. The van der Waals surface area contributed by atoms with Crippen LogP contribution in [0.25, 0.3) is 0 Å². The molecule has 7 heteroatoms. The van der Waals surface area contributed by atoms with E-state index in [4.69, 9.17) is 5.14 Å². The van der Waals surface area contributed by atoms with Crippen LogP contribution in [0.2, 0.25) is 0 Å². The number of benzene rings is 1. The zero-order valence-electron chi connectivity index (χ0n) is 15.0. The molecule has 1 fully saturated rings. The van der Waals surface area contributed by atoms with Gasteiger partial charge in [-0.15, -0.1) is 0 Å². The Kier molecular flexibility index (Phi) is 5.47. The van der Waals surface area contributed by atoms with Crippen molar-refractivity contribution < 1.29 is 13.5 Å². The lowest BCUT2D eigenvalue weighted by Crippen LogP contribution is -2.42. The average Bonchev–Trinajstić information content (AvgIpc) is 2.51. The van der Waals surface area contributed by atoms with Crippen molar-refractivity contribution in [2.45, 2.75) is 57.0 Å². The molecule has 1 aromatic rings. The molecule has 0 radical (unpaired) electrons. The molecule has 0 aromatic heterocycles. The second-order valence-electron chi connectivity index (χ2n) is 8.08. The first-order valence-corrected chi connectivity index (χ1v) is 10.0. The summed E-state index contributed by atoms with van der Waals surface area (Å²) in [5.41, 5.74) is 0.124. The van der Waals surface area contributed by atoms with Crippen molar-refractivity contribution in [3.63, 3.8) is 0 Å². The summed E-state index contributed by atoms with van der Waals surface area (Å²) in [4.78, 5) is -0.0982. The number of rotatable bonds is 4. The van der Waals surface area contributed by atoms with Gasteiger partial charge in [0.15, 0.2) is 0 Å². The molecule has 2 rings (SSSR count). The maximum Gasteiger partial charge on any atom is 0.238 e. The first-order valence-electron chi connectivity index (χ1n) is 8.48. The Morgan fingerprint density at radius 2 is 1.96 bits per heavy atom. The van der Waals surface area contributed by atoms with Crippen molar-refractivity contribution in [2.75, 3.05) is 11.9 Å². The number of aliphatic hydroxyl groups is 1. The Balaban J connectivity index is 2.06. The van der Waals surface area contributed by atoms with Crippen molar-refractivity contribution in [1.29, 1.82) is 5.26 Å². The SMILES string of the molecule is CC(C)(C)C1CCC(O)(CNc2ccc(S(N)(=O)=O)cc2C#N)CC1. The van der Waals surface area contributed by atoms with Gasteiger partial charge in [-0.05, 0) is 55.2 Å². The zero-order valence-corrected chi connectivity index (χ0v) is 15.9. The summed E-state index contributed by atoms with van der Waals surface area (Å²) in [6.07, 6.45) is 3.35. The maximum absolute atomic E-state index is 11.4. The summed E-state index contributed by atoms with van der Waals surface area (Å²) in [7, 11) is -3.85. The number of hydrogen-bond donors (Lipinski definition) is 3. The van der Waals surface area contributed by atoms with Gasteiger partial charge in [-0.25, -0.2) is 13.6 Å². The summed E-state index contributed by atoms with van der Waals surface area (Å²) in [5.74, 6) is 0.594. The molecule has 1 aromatic carbocycles. The molecule has 0 amide bonds. The van der Waals surface area contributed by atoms with E-state index in [9.17, 15) is 18.8 Å². The molecule has 0 heterocycles. The van der Waals surface area contributed by atoms with Crippen LogP contribution in [0, 0.1) is 22.7 Å². The Labute approximate surface area is 150 Å². The highest BCUT2D eigenvalue weighted by Crippen LogP contribution is 2.41. The third-order valence-corrected chi connectivity index (χ3v) is 6.10. The van der Waals surface area contributed by atoms with Crippen LogP contribution in [-0.4, -0.2) is 25.7 Å². The number of nitrogens with two attached hydrogens (primary N) is 1. The standard InChI is InChI=1S/C18H27N3O3S/c1-17(2,3)14-6-8-18(22,9-7-14)12-21-16-5-4-15(25(20,23)24)10-13(16)11-19/h4-5,10,14,21-22H,6-9,12H2,1-3H3,(H2,20,23,24). The molecule has 6 nitrogen and oxygen atoms in total. The largest absolute Gasteiger partial charge is 0.388 e. The zero-order chi connectivity index (χ0) is 18.9. The lowest BCUT2D eigenvalue weighted by atomic mass is 9.68. The van der Waals surface area contributed by atoms with Crippen LogP contribution in [-0.2, 0) is 10.0 Å². The quantitative estimate of drug-likeness (QED) is 0.758. The summed E-state index contributed by atoms with van der Waals surface area (Å²) >= 11 is 0. The van der Waals surface area contributed by atoms with Crippen molar-refractivity contribution in [2.24, 2.45) is 16.5 Å². The number of sulfonamides is 1. The van der Waals surface area contributed by atoms with E-state index in [2.05, 4.69) is 26.1 Å². The van der Waals surface area contributed by atoms with Crippen LogP contribution in [0.4, 0.5) is 5.69 Å². The number of anilines is 1. The molecule has 0 aliphatic heterocycles. The van der Waals surface area contributed by atoms with E-state index in [1.54, 1.807) is 0 Å². The van der Waals surface area contributed by atoms with Gasteiger partial charge in [0.05, 0.1) is 21.7 Å². The molecule has 0 atom stereocenters. The maximum atomic E-state index is 11.4. The van der Waals surface area contributed by atoms with Gasteiger partial charge in [0.2, 0.25) is 10.0 Å². The van der Waals surface area contributed by atoms with Gasteiger partial charge < -0.3 is 10.4 Å². The monoisotopic (exact) mass is 365 g/mol. The molecule has 0 saturated heterocycles. The minimum Gasteiger partial charge on any atom is -0.388 e. The van der Waals surface area contributed by atoms with Gasteiger partial charge in [-0.3, -0.25) is 0 Å². The molecule has 0 spiro atoms. The highest BCUT2D eigenvalue weighted by molar-refractivity contribution is 7.89. The van der Waals surface area contributed by atoms with Crippen LogP contribution in [0.1, 0.15) is 52.0 Å². The molecule has 1 saturated carbocycles. The van der Waals surface area contributed by atoms with Crippen molar-refractivity contribution in [3.05, 3.63) is 23.8 Å². The molecule has 25 heavy (non-hydrogen) atoms. The number of primary sulfonamides is 1. The first kappa shape index (κ1) is 19.7. The minimum absolute atomic E-state index is 0.0982.